The normalized spacial score (nSPS) is 36.0. The lowest BCUT2D eigenvalue weighted by atomic mass is 10.2. The van der Waals surface area contributed by atoms with Gasteiger partial charge in [0.05, 0.1) is 20.7 Å². The maximum atomic E-state index is 9.47. The van der Waals surface area contributed by atoms with Gasteiger partial charge in [-0.2, -0.15) is 0 Å². The fourth-order valence-electron chi connectivity index (χ4n) is 1.43. The third-order valence-corrected chi connectivity index (χ3v) is 1.83. The van der Waals surface area contributed by atoms with Gasteiger partial charge in [-0.05, 0) is 6.92 Å². The molecule has 0 aliphatic carbocycles. The third kappa shape index (κ3) is 3.51. The van der Waals surface area contributed by atoms with E-state index in [0.29, 0.717) is 13.2 Å². The van der Waals surface area contributed by atoms with E-state index in [2.05, 4.69) is 14.1 Å². The molecule has 0 aromatic carbocycles. The molecule has 0 radical (unpaired) electrons. The minimum atomic E-state index is -0.915. The summed E-state index contributed by atoms with van der Waals surface area (Å²) in [6.45, 7) is 4.02. The number of morpholine rings is 1. The van der Waals surface area contributed by atoms with Crippen LogP contribution in [0, 0.1) is 0 Å². The van der Waals surface area contributed by atoms with Crippen molar-refractivity contribution in [2.75, 3.05) is 33.8 Å². The molecule has 0 saturated carbocycles. The minimum absolute atomic E-state index is 0. The Morgan fingerprint density at radius 2 is 2.00 bits per heavy atom. The van der Waals surface area contributed by atoms with Gasteiger partial charge in [0.25, 0.3) is 0 Å². The Bertz CT molecular complexity index is 122. The molecule has 4 heteroatoms. The van der Waals surface area contributed by atoms with Gasteiger partial charge in [0.1, 0.15) is 13.1 Å². The second-order valence-electron chi connectivity index (χ2n) is 3.84. The smallest absolute Gasteiger partial charge is 0.213 e. The van der Waals surface area contributed by atoms with Crippen molar-refractivity contribution >= 4 is 0 Å². The van der Waals surface area contributed by atoms with Crippen molar-refractivity contribution in [3.63, 3.8) is 0 Å². The first-order chi connectivity index (χ1) is 4.41. The van der Waals surface area contributed by atoms with E-state index in [1.807, 2.05) is 0 Å². The molecule has 0 aromatic heterocycles. The summed E-state index contributed by atoms with van der Waals surface area (Å²) in [5, 5.41) is 9.47. The predicted octanol–water partition coefficient (Wildman–Crippen LogP) is -3.19. The van der Waals surface area contributed by atoms with Crippen molar-refractivity contribution < 1.29 is 31.3 Å². The highest BCUT2D eigenvalue weighted by Crippen LogP contribution is 2.16. The Labute approximate surface area is 78.3 Å². The van der Waals surface area contributed by atoms with E-state index in [4.69, 9.17) is 4.74 Å². The van der Waals surface area contributed by atoms with E-state index < -0.39 is 5.79 Å². The number of nitrogens with zero attached hydrogens (tertiary/aromatic N) is 1. The Kier molecular flexibility index (Phi) is 3.50. The zero-order valence-corrected chi connectivity index (χ0v) is 8.89. The monoisotopic (exact) mass is 225 g/mol. The summed E-state index contributed by atoms with van der Waals surface area (Å²) in [7, 11) is 4.19. The minimum Gasteiger partial charge on any atom is -1.00 e. The van der Waals surface area contributed by atoms with Crippen LogP contribution in [0.4, 0.5) is 0 Å². The molecule has 0 spiro atoms. The summed E-state index contributed by atoms with van der Waals surface area (Å²) in [6, 6.07) is 0. The van der Waals surface area contributed by atoms with Crippen LogP contribution in [0.1, 0.15) is 6.92 Å². The van der Waals surface area contributed by atoms with E-state index >= 15 is 0 Å². The van der Waals surface area contributed by atoms with Gasteiger partial charge >= 0.3 is 0 Å². The molecular formula is C7H16BrNO2. The second-order valence-corrected chi connectivity index (χ2v) is 3.84. The molecule has 1 aliphatic rings. The lowest BCUT2D eigenvalue weighted by molar-refractivity contribution is -0.910. The Morgan fingerprint density at radius 3 is 2.27 bits per heavy atom. The van der Waals surface area contributed by atoms with Gasteiger partial charge in [-0.15, -0.1) is 0 Å². The molecule has 68 valence electrons. The molecule has 0 aromatic rings. The number of hydrogen-bond donors (Lipinski definition) is 1. The number of quaternary nitrogens is 1. The lowest BCUT2D eigenvalue weighted by Gasteiger charge is -2.40. The summed E-state index contributed by atoms with van der Waals surface area (Å²) in [5.41, 5.74) is 0. The maximum Gasteiger partial charge on any atom is 0.213 e. The number of likely N-dealkylation sites (N-methyl/N-ethyl adjacent to an activating group) is 1. The average molecular weight is 226 g/mol. The Balaban J connectivity index is 0.000001000. The van der Waals surface area contributed by atoms with Crippen molar-refractivity contribution in [3.8, 4) is 0 Å². The van der Waals surface area contributed by atoms with E-state index in [1.165, 1.54) is 0 Å². The first-order valence-electron chi connectivity index (χ1n) is 3.60. The van der Waals surface area contributed by atoms with Gasteiger partial charge in [0.15, 0.2) is 0 Å². The fourth-order valence-corrected chi connectivity index (χ4v) is 1.43. The van der Waals surface area contributed by atoms with Crippen molar-refractivity contribution in [2.45, 2.75) is 12.7 Å². The van der Waals surface area contributed by atoms with E-state index in [1.54, 1.807) is 6.92 Å². The van der Waals surface area contributed by atoms with Crippen LogP contribution >= 0.6 is 0 Å². The Morgan fingerprint density at radius 1 is 1.45 bits per heavy atom. The molecule has 3 nitrogen and oxygen atoms in total. The number of rotatable bonds is 0. The van der Waals surface area contributed by atoms with Crippen LogP contribution in [0.15, 0.2) is 0 Å². The molecule has 0 unspecified atom stereocenters. The Hall–Kier alpha value is 0.360. The van der Waals surface area contributed by atoms with Crippen molar-refractivity contribution in [2.24, 2.45) is 0 Å². The van der Waals surface area contributed by atoms with E-state index in [-0.39, 0.29) is 17.0 Å². The lowest BCUT2D eigenvalue weighted by Crippen LogP contribution is -3.00. The second kappa shape index (κ2) is 3.39. The van der Waals surface area contributed by atoms with Crippen LogP contribution in [0.3, 0.4) is 0 Å². The molecule has 1 fully saturated rings. The summed E-state index contributed by atoms with van der Waals surface area (Å²) in [4.78, 5) is 0. The summed E-state index contributed by atoms with van der Waals surface area (Å²) >= 11 is 0. The van der Waals surface area contributed by atoms with Gasteiger partial charge in [-0.25, -0.2) is 0 Å². The molecule has 1 saturated heterocycles. The summed E-state index contributed by atoms with van der Waals surface area (Å²) in [6.07, 6.45) is 0. The van der Waals surface area contributed by atoms with Crippen molar-refractivity contribution in [1.29, 1.82) is 0 Å². The number of aliphatic hydroxyl groups is 1. The van der Waals surface area contributed by atoms with Crippen molar-refractivity contribution in [1.82, 2.24) is 0 Å². The third-order valence-electron chi connectivity index (χ3n) is 1.83. The highest BCUT2D eigenvalue weighted by Gasteiger charge is 2.35. The number of halogens is 1. The van der Waals surface area contributed by atoms with Gasteiger partial charge in [-0.3, -0.25) is 0 Å². The van der Waals surface area contributed by atoms with Gasteiger partial charge in [0.2, 0.25) is 5.79 Å². The summed E-state index contributed by atoms with van der Waals surface area (Å²) in [5.74, 6) is -0.915. The topological polar surface area (TPSA) is 29.5 Å². The predicted molar refractivity (Wildman–Crippen MR) is 38.4 cm³/mol. The van der Waals surface area contributed by atoms with Crippen molar-refractivity contribution in [3.05, 3.63) is 0 Å². The quantitative estimate of drug-likeness (QED) is 0.441. The molecule has 11 heavy (non-hydrogen) atoms. The molecule has 0 amide bonds. The standard InChI is InChI=1S/C7H16NO2.BrH/c1-7(9)6-8(2,3)4-5-10-7;/h9H,4-6H2,1-3H3;1H/q+1;/p-1/t7-;/m0./s1. The van der Waals surface area contributed by atoms with Gasteiger partial charge < -0.3 is 31.3 Å². The first-order valence-corrected chi connectivity index (χ1v) is 3.60. The highest BCUT2D eigenvalue weighted by molar-refractivity contribution is 4.62. The maximum absolute atomic E-state index is 9.47. The molecule has 1 atom stereocenters. The van der Waals surface area contributed by atoms with E-state index in [9.17, 15) is 5.11 Å². The van der Waals surface area contributed by atoms with Crippen LogP contribution in [-0.4, -0.2) is 49.2 Å². The SMILES string of the molecule is C[C@@]1(O)C[N+](C)(C)CCO1.[Br-]. The van der Waals surface area contributed by atoms with Crippen LogP contribution in [-0.2, 0) is 4.74 Å². The number of ether oxygens (including phenoxy) is 1. The zero-order valence-electron chi connectivity index (χ0n) is 7.30. The fraction of sp³-hybridized carbons (Fsp3) is 1.00. The molecule has 1 rings (SSSR count). The van der Waals surface area contributed by atoms with Gasteiger partial charge in [0, 0.05) is 0 Å². The van der Waals surface area contributed by atoms with Crippen LogP contribution < -0.4 is 17.0 Å². The molecular weight excluding hydrogens is 210 g/mol. The van der Waals surface area contributed by atoms with Crippen LogP contribution in [0.25, 0.3) is 0 Å². The zero-order chi connectivity index (χ0) is 7.83. The molecule has 1 N–H and O–H groups in total. The highest BCUT2D eigenvalue weighted by atomic mass is 79.9. The van der Waals surface area contributed by atoms with Crippen LogP contribution in [0.2, 0.25) is 0 Å². The molecule has 1 aliphatic heterocycles. The average Bonchev–Trinajstić information content (AvgIpc) is 1.56. The summed E-state index contributed by atoms with van der Waals surface area (Å²) < 4.78 is 5.98. The first kappa shape index (κ1) is 11.4. The van der Waals surface area contributed by atoms with E-state index in [0.717, 1.165) is 11.0 Å². The van der Waals surface area contributed by atoms with Crippen LogP contribution in [0.5, 0.6) is 0 Å². The molecule has 0 bridgehead atoms. The van der Waals surface area contributed by atoms with Gasteiger partial charge in [-0.1, -0.05) is 0 Å². The largest absolute Gasteiger partial charge is 1.00 e. The number of hydrogen-bond acceptors (Lipinski definition) is 2. The molecule has 1 heterocycles.